The zero-order chi connectivity index (χ0) is 20.1. The summed E-state index contributed by atoms with van der Waals surface area (Å²) < 4.78 is 39.6. The lowest BCUT2D eigenvalue weighted by Crippen LogP contribution is -2.40. The number of guanidine groups is 1. The molecular weight excluding hydrogens is 358 g/mol. The van der Waals surface area contributed by atoms with Gasteiger partial charge in [-0.3, -0.25) is 4.99 Å². The molecule has 0 saturated heterocycles. The molecule has 7 nitrogen and oxygen atoms in total. The third-order valence-electron chi connectivity index (χ3n) is 3.80. The molecule has 1 aromatic rings. The van der Waals surface area contributed by atoms with Gasteiger partial charge >= 0.3 is 6.61 Å². The van der Waals surface area contributed by atoms with Gasteiger partial charge in [0.2, 0.25) is 0 Å². The molecule has 0 aliphatic rings. The van der Waals surface area contributed by atoms with Gasteiger partial charge in [0.25, 0.3) is 0 Å². The Morgan fingerprint density at radius 1 is 1.19 bits per heavy atom. The maximum absolute atomic E-state index is 12.5. The Morgan fingerprint density at radius 2 is 1.96 bits per heavy atom. The predicted molar refractivity (Wildman–Crippen MR) is 102 cm³/mol. The van der Waals surface area contributed by atoms with Crippen LogP contribution in [-0.4, -0.2) is 72.0 Å². The molecule has 27 heavy (non-hydrogen) atoms. The Balaban J connectivity index is 2.46. The van der Waals surface area contributed by atoms with Crippen molar-refractivity contribution >= 4 is 5.96 Å². The van der Waals surface area contributed by atoms with E-state index in [1.807, 2.05) is 0 Å². The van der Waals surface area contributed by atoms with Crippen LogP contribution in [0.25, 0.3) is 0 Å². The van der Waals surface area contributed by atoms with E-state index in [2.05, 4.69) is 32.3 Å². The molecule has 154 valence electrons. The Bertz CT molecular complexity index is 574. The van der Waals surface area contributed by atoms with E-state index >= 15 is 0 Å². The van der Waals surface area contributed by atoms with Crippen molar-refractivity contribution in [2.24, 2.45) is 4.99 Å². The van der Waals surface area contributed by atoms with E-state index in [4.69, 9.17) is 9.47 Å². The van der Waals surface area contributed by atoms with E-state index in [0.29, 0.717) is 12.5 Å². The lowest BCUT2D eigenvalue weighted by molar-refractivity contribution is -0.0512. The first-order chi connectivity index (χ1) is 13.0. The van der Waals surface area contributed by atoms with Gasteiger partial charge in [-0.1, -0.05) is 6.07 Å². The minimum atomic E-state index is -2.91. The highest BCUT2D eigenvalue weighted by molar-refractivity contribution is 5.79. The Morgan fingerprint density at radius 3 is 2.59 bits per heavy atom. The maximum atomic E-state index is 12.5. The van der Waals surface area contributed by atoms with Gasteiger partial charge in [-0.25, -0.2) is 0 Å². The number of nitrogens with zero attached hydrogens (tertiary/aromatic N) is 2. The summed E-state index contributed by atoms with van der Waals surface area (Å²) in [5.74, 6) is 0.901. The second kappa shape index (κ2) is 13.1. The molecule has 0 saturated carbocycles. The lowest BCUT2D eigenvalue weighted by atomic mass is 10.2. The number of halogens is 2. The quantitative estimate of drug-likeness (QED) is 0.324. The smallest absolute Gasteiger partial charge is 0.387 e. The van der Waals surface area contributed by atoms with Crippen LogP contribution in [0.5, 0.6) is 11.5 Å². The molecular formula is C18H30F2N4O3. The van der Waals surface area contributed by atoms with Crippen molar-refractivity contribution in [3.05, 3.63) is 23.8 Å². The molecule has 0 atom stereocenters. The fraction of sp³-hybridized carbons (Fsp3) is 0.611. The summed E-state index contributed by atoms with van der Waals surface area (Å²) in [6.07, 6.45) is 0.987. The Hall–Kier alpha value is -2.13. The number of ether oxygens (including phenoxy) is 3. The maximum Gasteiger partial charge on any atom is 0.387 e. The number of methoxy groups -OCH3 is 2. The van der Waals surface area contributed by atoms with Gasteiger partial charge in [-0.2, -0.15) is 8.78 Å². The summed E-state index contributed by atoms with van der Waals surface area (Å²) in [7, 11) is 6.83. The van der Waals surface area contributed by atoms with Crippen LogP contribution in [0.4, 0.5) is 8.78 Å². The molecule has 1 rings (SSSR count). The van der Waals surface area contributed by atoms with Gasteiger partial charge < -0.3 is 29.7 Å². The largest absolute Gasteiger partial charge is 0.493 e. The van der Waals surface area contributed by atoms with Crippen LogP contribution >= 0.6 is 0 Å². The minimum Gasteiger partial charge on any atom is -0.493 e. The number of aliphatic imine (C=N–C) groups is 1. The number of nitrogens with one attached hydrogen (secondary N) is 2. The minimum absolute atomic E-state index is 0.00688. The monoisotopic (exact) mass is 388 g/mol. The molecule has 0 spiro atoms. The average molecular weight is 388 g/mol. The fourth-order valence-electron chi connectivity index (χ4n) is 2.38. The number of alkyl halides is 2. The van der Waals surface area contributed by atoms with Crippen molar-refractivity contribution in [3.63, 3.8) is 0 Å². The first-order valence-electron chi connectivity index (χ1n) is 8.73. The van der Waals surface area contributed by atoms with Crippen molar-refractivity contribution < 1.29 is 23.0 Å². The zero-order valence-corrected chi connectivity index (χ0v) is 16.4. The van der Waals surface area contributed by atoms with Crippen LogP contribution in [0.2, 0.25) is 0 Å². The summed E-state index contributed by atoms with van der Waals surface area (Å²) >= 11 is 0. The zero-order valence-electron chi connectivity index (χ0n) is 16.4. The molecule has 0 radical (unpaired) electrons. The second-order valence-electron chi connectivity index (χ2n) is 5.87. The molecule has 0 amide bonds. The van der Waals surface area contributed by atoms with E-state index in [-0.39, 0.29) is 11.5 Å². The number of likely N-dealkylation sites (N-methyl/N-ethyl adjacent to an activating group) is 1. The van der Waals surface area contributed by atoms with Crippen LogP contribution in [0.3, 0.4) is 0 Å². The van der Waals surface area contributed by atoms with Gasteiger partial charge in [-0.05, 0) is 31.2 Å². The molecule has 0 aromatic heterocycles. The van der Waals surface area contributed by atoms with E-state index in [1.165, 1.54) is 13.2 Å². The van der Waals surface area contributed by atoms with Crippen molar-refractivity contribution in [2.45, 2.75) is 19.6 Å². The highest BCUT2D eigenvalue weighted by Crippen LogP contribution is 2.29. The predicted octanol–water partition coefficient (Wildman–Crippen LogP) is 1.93. The molecule has 0 heterocycles. The van der Waals surface area contributed by atoms with Crippen LogP contribution in [0.1, 0.15) is 12.0 Å². The average Bonchev–Trinajstić information content (AvgIpc) is 2.64. The van der Waals surface area contributed by atoms with Crippen LogP contribution in [0.15, 0.2) is 23.2 Å². The van der Waals surface area contributed by atoms with Crippen molar-refractivity contribution in [3.8, 4) is 11.5 Å². The fourth-order valence-corrected chi connectivity index (χ4v) is 2.38. The highest BCUT2D eigenvalue weighted by Gasteiger charge is 2.11. The first kappa shape index (κ1) is 22.9. The molecule has 1 aromatic carbocycles. The molecule has 0 fully saturated rings. The standard InChI is InChI=1S/C18H30F2N4O3/c1-21-18(22-8-10-24(2)9-5-11-25-3)23-13-14-6-7-15(26-4)16(12-14)27-17(19)20/h6-7,12,17H,5,8-11,13H2,1-4H3,(H2,21,22,23). The Labute approximate surface area is 159 Å². The van der Waals surface area contributed by atoms with Crippen LogP contribution < -0.4 is 20.1 Å². The van der Waals surface area contributed by atoms with Crippen molar-refractivity contribution in [2.75, 3.05) is 54.6 Å². The molecule has 9 heteroatoms. The first-order valence-corrected chi connectivity index (χ1v) is 8.73. The van der Waals surface area contributed by atoms with E-state index < -0.39 is 6.61 Å². The van der Waals surface area contributed by atoms with Gasteiger partial charge in [0.1, 0.15) is 0 Å². The molecule has 0 aliphatic heterocycles. The van der Waals surface area contributed by atoms with E-state index in [9.17, 15) is 8.78 Å². The molecule has 0 aliphatic carbocycles. The topological polar surface area (TPSA) is 67.4 Å². The van der Waals surface area contributed by atoms with Gasteiger partial charge in [0.15, 0.2) is 17.5 Å². The molecule has 0 bridgehead atoms. The number of hydrogen-bond donors (Lipinski definition) is 2. The summed E-state index contributed by atoms with van der Waals surface area (Å²) in [6, 6.07) is 4.90. The number of rotatable bonds is 12. The van der Waals surface area contributed by atoms with Gasteiger partial charge in [0.05, 0.1) is 7.11 Å². The van der Waals surface area contributed by atoms with Crippen LogP contribution in [-0.2, 0) is 11.3 Å². The van der Waals surface area contributed by atoms with Crippen molar-refractivity contribution in [1.29, 1.82) is 0 Å². The molecule has 0 unspecified atom stereocenters. The van der Waals surface area contributed by atoms with Gasteiger partial charge in [-0.15, -0.1) is 0 Å². The van der Waals surface area contributed by atoms with Crippen LogP contribution in [0, 0.1) is 0 Å². The summed E-state index contributed by atoms with van der Waals surface area (Å²) in [4.78, 5) is 6.36. The Kier molecular flexibility index (Phi) is 11.1. The number of hydrogen-bond acceptors (Lipinski definition) is 5. The van der Waals surface area contributed by atoms with E-state index in [0.717, 1.165) is 38.2 Å². The summed E-state index contributed by atoms with van der Waals surface area (Å²) in [5.41, 5.74) is 0.770. The third kappa shape index (κ3) is 9.39. The SMILES string of the molecule is CN=C(NCCN(C)CCCOC)NCc1ccc(OC)c(OC(F)F)c1. The van der Waals surface area contributed by atoms with Gasteiger partial charge in [0, 0.05) is 46.9 Å². The molecule has 2 N–H and O–H groups in total. The van der Waals surface area contributed by atoms with E-state index in [1.54, 1.807) is 26.3 Å². The highest BCUT2D eigenvalue weighted by atomic mass is 19.3. The number of benzene rings is 1. The second-order valence-corrected chi connectivity index (χ2v) is 5.87. The summed E-state index contributed by atoms with van der Waals surface area (Å²) in [5, 5.41) is 6.37. The normalized spacial score (nSPS) is 11.8. The third-order valence-corrected chi connectivity index (χ3v) is 3.80. The van der Waals surface area contributed by atoms with Crippen molar-refractivity contribution in [1.82, 2.24) is 15.5 Å². The summed E-state index contributed by atoms with van der Waals surface area (Å²) in [6.45, 7) is 0.801. The lowest BCUT2D eigenvalue weighted by Gasteiger charge is -2.18.